The van der Waals surface area contributed by atoms with E-state index in [9.17, 15) is 13.0 Å². The molecule has 0 spiro atoms. The molecule has 0 amide bonds. The molecule has 0 saturated carbocycles. The topological polar surface area (TPSA) is 94.2 Å². The molecule has 18 heavy (non-hydrogen) atoms. The largest absolute Gasteiger partial charge is 1.00 e. The van der Waals surface area contributed by atoms with E-state index in [1.165, 1.54) is 11.3 Å². The van der Waals surface area contributed by atoms with E-state index >= 15 is 0 Å². The van der Waals surface area contributed by atoms with Gasteiger partial charge in [-0.25, -0.2) is 18.8 Å². The summed E-state index contributed by atoms with van der Waals surface area (Å²) >= 11 is 2.61. The zero-order valence-corrected chi connectivity index (χ0v) is 13.9. The van der Waals surface area contributed by atoms with Gasteiger partial charge in [-0.3, -0.25) is 0 Å². The van der Waals surface area contributed by atoms with Crippen LogP contribution in [0.3, 0.4) is 0 Å². The van der Waals surface area contributed by atoms with Crippen LogP contribution in [0.2, 0.25) is 0 Å². The van der Waals surface area contributed by atoms with Gasteiger partial charge >= 0.3 is 29.6 Å². The Morgan fingerprint density at radius 1 is 1.39 bits per heavy atom. The van der Waals surface area contributed by atoms with Crippen molar-refractivity contribution in [1.82, 2.24) is 15.2 Å². The van der Waals surface area contributed by atoms with Crippen molar-refractivity contribution in [2.45, 2.75) is 4.34 Å². The zero-order valence-electron chi connectivity index (χ0n) is 9.41. The van der Waals surface area contributed by atoms with Crippen LogP contribution in [0.5, 0.6) is 0 Å². The van der Waals surface area contributed by atoms with E-state index in [1.54, 1.807) is 0 Å². The predicted octanol–water partition coefficient (Wildman–Crippen LogP) is -2.10. The van der Waals surface area contributed by atoms with Gasteiger partial charge in [0, 0.05) is 11.9 Å². The number of rotatable bonds is 5. The molecule has 0 fully saturated rings. The van der Waals surface area contributed by atoms with Crippen LogP contribution in [0, 0.1) is 0 Å². The average molecular weight is 313 g/mol. The number of thiazole rings is 1. The molecule has 0 aliphatic carbocycles. The van der Waals surface area contributed by atoms with Gasteiger partial charge in [-0.2, -0.15) is 4.83 Å². The SMILES string of the molecule is O=S(=O)([O-])CNNSc1nc2ccccc2s1.[Na+]. The zero-order chi connectivity index (χ0) is 12.3. The molecule has 0 unspecified atom stereocenters. The van der Waals surface area contributed by atoms with Gasteiger partial charge in [-0.1, -0.05) is 12.1 Å². The molecule has 0 bridgehead atoms. The van der Waals surface area contributed by atoms with Crippen LogP contribution in [-0.4, -0.2) is 23.8 Å². The number of para-hydroxylation sites is 1. The molecule has 0 aliphatic rings. The first kappa shape index (κ1) is 16.3. The molecule has 2 N–H and O–H groups in total. The van der Waals surface area contributed by atoms with Crippen LogP contribution in [-0.2, 0) is 10.1 Å². The molecule has 92 valence electrons. The van der Waals surface area contributed by atoms with E-state index < -0.39 is 16.0 Å². The number of nitrogens with one attached hydrogen (secondary N) is 2. The van der Waals surface area contributed by atoms with E-state index in [4.69, 9.17) is 0 Å². The first-order chi connectivity index (χ1) is 8.04. The normalized spacial score (nSPS) is 11.4. The minimum atomic E-state index is -4.26. The van der Waals surface area contributed by atoms with Gasteiger partial charge in [0.15, 0.2) is 4.34 Å². The predicted molar refractivity (Wildman–Crippen MR) is 66.3 cm³/mol. The summed E-state index contributed by atoms with van der Waals surface area (Å²) in [6.45, 7) is 0. The number of benzene rings is 1. The number of hydrogen-bond acceptors (Lipinski definition) is 8. The third-order valence-corrected chi connectivity index (χ3v) is 4.07. The van der Waals surface area contributed by atoms with Gasteiger partial charge in [0.05, 0.1) is 10.2 Å². The molecule has 0 saturated heterocycles. The summed E-state index contributed by atoms with van der Waals surface area (Å²) in [6, 6.07) is 7.66. The fourth-order valence-corrected chi connectivity index (χ4v) is 3.07. The molecule has 0 radical (unpaired) electrons. The molecular formula is C8H8N3NaO3S3. The molecule has 10 heteroatoms. The summed E-state index contributed by atoms with van der Waals surface area (Å²) in [4.78, 5) is 6.85. The van der Waals surface area contributed by atoms with Crippen molar-refractivity contribution in [3.8, 4) is 0 Å². The second-order valence-corrected chi connectivity index (χ2v) is 6.52. The average Bonchev–Trinajstić information content (AvgIpc) is 2.65. The molecule has 1 heterocycles. The second-order valence-electron chi connectivity index (χ2n) is 3.03. The maximum Gasteiger partial charge on any atom is 1.00 e. The maximum atomic E-state index is 10.3. The van der Waals surface area contributed by atoms with Crippen molar-refractivity contribution < 1.29 is 42.5 Å². The first-order valence-corrected chi connectivity index (χ1v) is 7.69. The van der Waals surface area contributed by atoms with E-state index in [2.05, 4.69) is 15.2 Å². The third-order valence-electron chi connectivity index (χ3n) is 1.73. The van der Waals surface area contributed by atoms with Crippen LogP contribution in [0.1, 0.15) is 0 Å². The summed E-state index contributed by atoms with van der Waals surface area (Å²) in [5.41, 5.74) is 3.18. The fraction of sp³-hybridized carbons (Fsp3) is 0.125. The first-order valence-electron chi connectivity index (χ1n) is 4.48. The smallest absolute Gasteiger partial charge is 0.747 e. The van der Waals surface area contributed by atoms with Crippen molar-refractivity contribution in [1.29, 1.82) is 0 Å². The number of hydrazine groups is 1. The third kappa shape index (κ3) is 5.11. The Morgan fingerprint density at radius 2 is 2.11 bits per heavy atom. The molecule has 2 aromatic rings. The van der Waals surface area contributed by atoms with Crippen LogP contribution < -0.4 is 39.8 Å². The monoisotopic (exact) mass is 313 g/mol. The summed E-state index contributed by atoms with van der Waals surface area (Å²) in [7, 11) is -4.26. The summed E-state index contributed by atoms with van der Waals surface area (Å²) < 4.78 is 32.7. The van der Waals surface area contributed by atoms with Crippen LogP contribution >= 0.6 is 23.3 Å². The van der Waals surface area contributed by atoms with Crippen LogP contribution in [0.25, 0.3) is 10.2 Å². The second kappa shape index (κ2) is 7.17. The summed E-state index contributed by atoms with van der Waals surface area (Å²) in [5.74, 6) is -0.662. The minimum Gasteiger partial charge on any atom is -0.747 e. The fourth-order valence-electron chi connectivity index (χ4n) is 1.09. The van der Waals surface area contributed by atoms with Gasteiger partial charge in [0.25, 0.3) is 0 Å². The van der Waals surface area contributed by atoms with Gasteiger partial charge in [0.2, 0.25) is 0 Å². The molecule has 0 aliphatic heterocycles. The van der Waals surface area contributed by atoms with Gasteiger partial charge in [-0.15, -0.1) is 11.3 Å². The van der Waals surface area contributed by atoms with Gasteiger partial charge < -0.3 is 4.55 Å². The standard InChI is InChI=1S/C8H9N3O3S3.Na/c12-17(13,14)5-9-11-16-8-10-6-3-1-2-4-7(6)15-8;/h1-4,9,11H,5H2,(H,12,13,14);/q;+1/p-1. The van der Waals surface area contributed by atoms with Crippen molar-refractivity contribution in [3.05, 3.63) is 24.3 Å². The van der Waals surface area contributed by atoms with Crippen LogP contribution in [0.15, 0.2) is 28.6 Å². The molecule has 2 rings (SSSR count). The number of hydrogen-bond donors (Lipinski definition) is 2. The Labute approximate surface area is 135 Å². The summed E-state index contributed by atoms with van der Waals surface area (Å²) in [6.07, 6.45) is 0. The van der Waals surface area contributed by atoms with Crippen LogP contribution in [0.4, 0.5) is 0 Å². The Balaban J connectivity index is 0.00000162. The van der Waals surface area contributed by atoms with Crippen molar-refractivity contribution in [2.75, 3.05) is 5.88 Å². The van der Waals surface area contributed by atoms with E-state index in [0.29, 0.717) is 0 Å². The summed E-state index contributed by atoms with van der Waals surface area (Å²) in [5, 5.41) is 0. The van der Waals surface area contributed by atoms with Crippen molar-refractivity contribution in [2.24, 2.45) is 0 Å². The van der Waals surface area contributed by atoms with E-state index in [-0.39, 0.29) is 29.6 Å². The Morgan fingerprint density at radius 3 is 2.78 bits per heavy atom. The van der Waals surface area contributed by atoms with Crippen molar-refractivity contribution >= 4 is 43.6 Å². The molecular weight excluding hydrogens is 305 g/mol. The molecule has 1 aromatic carbocycles. The minimum absolute atomic E-state index is 0. The van der Waals surface area contributed by atoms with Gasteiger partial charge in [0.1, 0.15) is 16.0 Å². The Kier molecular flexibility index (Phi) is 6.51. The van der Waals surface area contributed by atoms with Gasteiger partial charge in [-0.05, 0) is 12.1 Å². The number of fused-ring (bicyclic) bond motifs is 1. The molecule has 0 atom stereocenters. The maximum absolute atomic E-state index is 10.3. The Bertz CT molecular complexity index is 583. The quantitative estimate of drug-likeness (QED) is 0.215. The van der Waals surface area contributed by atoms with E-state index in [0.717, 1.165) is 26.5 Å². The van der Waals surface area contributed by atoms with Crippen molar-refractivity contribution in [3.63, 3.8) is 0 Å². The Hall–Kier alpha value is 0.290. The molecule has 6 nitrogen and oxygen atoms in total. The number of aromatic nitrogens is 1. The van der Waals surface area contributed by atoms with E-state index in [1.807, 2.05) is 24.3 Å². The molecule has 1 aromatic heterocycles. The number of nitrogens with zero attached hydrogens (tertiary/aromatic N) is 1.